The Labute approximate surface area is 164 Å². The highest BCUT2D eigenvalue weighted by molar-refractivity contribution is 7.99. The molecule has 1 fully saturated rings. The molecule has 0 aliphatic carbocycles. The third kappa shape index (κ3) is 4.71. The minimum Gasteiger partial charge on any atom is -0.353 e. The zero-order chi connectivity index (χ0) is 19.4. The van der Waals surface area contributed by atoms with E-state index >= 15 is 0 Å². The Morgan fingerprint density at radius 3 is 2.52 bits per heavy atom. The number of rotatable bonds is 5. The smallest absolute Gasteiger partial charge is 0.223 e. The van der Waals surface area contributed by atoms with Crippen LogP contribution in [0.3, 0.4) is 0 Å². The predicted octanol–water partition coefficient (Wildman–Crippen LogP) is 1.52. The van der Waals surface area contributed by atoms with Crippen molar-refractivity contribution in [1.82, 2.24) is 24.8 Å². The highest BCUT2D eigenvalue weighted by atomic mass is 32.2. The molecular formula is C18H27N7OS. The van der Waals surface area contributed by atoms with Gasteiger partial charge < -0.3 is 15.6 Å². The topological polar surface area (TPSA) is 93.2 Å². The van der Waals surface area contributed by atoms with Crippen molar-refractivity contribution >= 4 is 23.5 Å². The van der Waals surface area contributed by atoms with Crippen LogP contribution in [0.25, 0.3) is 0 Å². The van der Waals surface area contributed by atoms with E-state index in [9.17, 15) is 4.79 Å². The summed E-state index contributed by atoms with van der Waals surface area (Å²) >= 11 is 1.47. The molecule has 0 spiro atoms. The molecule has 27 heavy (non-hydrogen) atoms. The molecule has 3 rings (SSSR count). The first-order chi connectivity index (χ1) is 12.9. The first-order valence-corrected chi connectivity index (χ1v) is 10.1. The Hall–Kier alpha value is -2.29. The average molecular weight is 390 g/mol. The first kappa shape index (κ1) is 19.5. The normalized spacial score (nSPS) is 15.2. The molecule has 3 heterocycles. The molecule has 0 saturated carbocycles. The highest BCUT2D eigenvalue weighted by Gasteiger charge is 2.24. The van der Waals surface area contributed by atoms with Crippen LogP contribution in [0.1, 0.15) is 33.0 Å². The van der Waals surface area contributed by atoms with Crippen LogP contribution in [0.4, 0.5) is 5.82 Å². The first-order valence-electron chi connectivity index (χ1n) is 9.14. The van der Waals surface area contributed by atoms with E-state index in [1.165, 1.54) is 16.4 Å². The van der Waals surface area contributed by atoms with Crippen LogP contribution >= 0.6 is 11.8 Å². The van der Waals surface area contributed by atoms with Gasteiger partial charge in [-0.2, -0.15) is 0 Å². The summed E-state index contributed by atoms with van der Waals surface area (Å²) in [5.41, 5.74) is -0.163. The van der Waals surface area contributed by atoms with E-state index in [-0.39, 0.29) is 11.3 Å². The van der Waals surface area contributed by atoms with E-state index in [0.29, 0.717) is 17.3 Å². The van der Waals surface area contributed by atoms with Gasteiger partial charge in [0.1, 0.15) is 5.82 Å². The van der Waals surface area contributed by atoms with Gasteiger partial charge in [0, 0.05) is 50.0 Å². The number of nitrogens with zero attached hydrogens (tertiary/aromatic N) is 6. The number of thioether (sulfide) groups is 1. The molecule has 146 valence electrons. The zero-order valence-electron chi connectivity index (χ0n) is 16.1. The summed E-state index contributed by atoms with van der Waals surface area (Å²) in [6, 6.07) is 5.90. The van der Waals surface area contributed by atoms with E-state index in [4.69, 9.17) is 5.84 Å². The predicted molar refractivity (Wildman–Crippen MR) is 107 cm³/mol. The number of hydrogen-bond acceptors (Lipinski definition) is 7. The monoisotopic (exact) mass is 389 g/mol. The Morgan fingerprint density at radius 2 is 1.93 bits per heavy atom. The third-order valence-corrected chi connectivity index (χ3v) is 5.43. The van der Waals surface area contributed by atoms with Gasteiger partial charge in [0.05, 0.1) is 0 Å². The number of amides is 1. The van der Waals surface area contributed by atoms with E-state index in [0.717, 1.165) is 37.8 Å². The van der Waals surface area contributed by atoms with E-state index in [1.807, 2.05) is 43.9 Å². The molecule has 0 unspecified atom stereocenters. The summed E-state index contributed by atoms with van der Waals surface area (Å²) in [7, 11) is 0. The lowest BCUT2D eigenvalue weighted by atomic mass is 9.96. The van der Waals surface area contributed by atoms with Crippen molar-refractivity contribution in [3.05, 3.63) is 30.2 Å². The van der Waals surface area contributed by atoms with Gasteiger partial charge in [-0.15, -0.1) is 10.2 Å². The summed E-state index contributed by atoms with van der Waals surface area (Å²) in [4.78, 5) is 21.0. The Morgan fingerprint density at radius 1 is 1.19 bits per heavy atom. The van der Waals surface area contributed by atoms with Crippen molar-refractivity contribution < 1.29 is 4.79 Å². The average Bonchev–Trinajstić information content (AvgIpc) is 3.03. The zero-order valence-corrected chi connectivity index (χ0v) is 16.9. The lowest BCUT2D eigenvalue weighted by Gasteiger charge is -2.35. The second kappa shape index (κ2) is 8.16. The lowest BCUT2D eigenvalue weighted by molar-refractivity contribution is -0.131. The Kier molecular flexibility index (Phi) is 5.88. The molecule has 8 nitrogen and oxygen atoms in total. The summed E-state index contributed by atoms with van der Waals surface area (Å²) < 4.78 is 1.53. The standard InChI is InChI=1S/C18H27N7OS/c1-18(2,3)16-21-22-17(25(16)19)27-13-7-15(26)24-11-9-23(10-12-24)14-6-4-5-8-20-14/h4-6,8H,7,9-13,19H2,1-3H3. The van der Waals surface area contributed by atoms with Gasteiger partial charge in [-0.25, -0.2) is 9.66 Å². The van der Waals surface area contributed by atoms with Crippen molar-refractivity contribution in [2.45, 2.75) is 37.8 Å². The second-order valence-corrected chi connectivity index (χ2v) is 8.64. The molecule has 1 aliphatic rings. The van der Waals surface area contributed by atoms with Crippen LogP contribution < -0.4 is 10.7 Å². The lowest BCUT2D eigenvalue weighted by Crippen LogP contribution is -2.49. The van der Waals surface area contributed by atoms with Gasteiger partial charge in [0.15, 0.2) is 5.82 Å². The van der Waals surface area contributed by atoms with Crippen LogP contribution in [-0.2, 0) is 10.2 Å². The molecule has 1 aliphatic heterocycles. The van der Waals surface area contributed by atoms with Crippen molar-refractivity contribution in [3.63, 3.8) is 0 Å². The number of piperazine rings is 1. The van der Waals surface area contributed by atoms with Gasteiger partial charge in [-0.1, -0.05) is 38.6 Å². The molecule has 2 aromatic rings. The van der Waals surface area contributed by atoms with Crippen LogP contribution in [-0.4, -0.2) is 62.6 Å². The molecular weight excluding hydrogens is 362 g/mol. The van der Waals surface area contributed by atoms with Crippen LogP contribution in [0.15, 0.2) is 29.6 Å². The van der Waals surface area contributed by atoms with E-state index in [2.05, 4.69) is 20.1 Å². The van der Waals surface area contributed by atoms with Gasteiger partial charge in [0.2, 0.25) is 11.1 Å². The van der Waals surface area contributed by atoms with Gasteiger partial charge >= 0.3 is 0 Å². The van der Waals surface area contributed by atoms with Crippen molar-refractivity contribution in [3.8, 4) is 0 Å². The maximum atomic E-state index is 12.5. The van der Waals surface area contributed by atoms with Crippen molar-refractivity contribution in [1.29, 1.82) is 0 Å². The van der Waals surface area contributed by atoms with Gasteiger partial charge in [-0.3, -0.25) is 4.79 Å². The van der Waals surface area contributed by atoms with Crippen LogP contribution in [0.5, 0.6) is 0 Å². The Bertz CT molecular complexity index is 764. The molecule has 0 bridgehead atoms. The second-order valence-electron chi connectivity index (χ2n) is 7.58. The number of pyridine rings is 1. The van der Waals surface area contributed by atoms with Crippen molar-refractivity contribution in [2.75, 3.05) is 42.7 Å². The Balaban J connectivity index is 1.45. The van der Waals surface area contributed by atoms with E-state index in [1.54, 1.807) is 6.20 Å². The summed E-state index contributed by atoms with van der Waals surface area (Å²) in [6.45, 7) is 9.20. The maximum absolute atomic E-state index is 12.5. The number of nitrogen functional groups attached to an aromatic ring is 1. The molecule has 1 amide bonds. The quantitative estimate of drug-likeness (QED) is 0.612. The fraction of sp³-hybridized carbons (Fsp3) is 0.556. The van der Waals surface area contributed by atoms with Gasteiger partial charge in [0.25, 0.3) is 0 Å². The van der Waals surface area contributed by atoms with Gasteiger partial charge in [-0.05, 0) is 12.1 Å². The molecule has 2 aromatic heterocycles. The minimum absolute atomic E-state index is 0.163. The summed E-state index contributed by atoms with van der Waals surface area (Å²) in [6.07, 6.45) is 2.26. The third-order valence-electron chi connectivity index (χ3n) is 4.49. The molecule has 0 radical (unpaired) electrons. The number of carbonyl (C=O) groups is 1. The molecule has 9 heteroatoms. The maximum Gasteiger partial charge on any atom is 0.223 e. The summed E-state index contributed by atoms with van der Waals surface area (Å²) in [5, 5.41) is 8.97. The highest BCUT2D eigenvalue weighted by Crippen LogP contribution is 2.23. The molecule has 0 atom stereocenters. The van der Waals surface area contributed by atoms with Crippen LogP contribution in [0.2, 0.25) is 0 Å². The number of carbonyl (C=O) groups excluding carboxylic acids is 1. The fourth-order valence-electron chi connectivity index (χ4n) is 3.00. The molecule has 1 saturated heterocycles. The SMILES string of the molecule is CC(C)(C)c1nnc(SCCC(=O)N2CCN(c3ccccn3)CC2)n1N. The van der Waals surface area contributed by atoms with E-state index < -0.39 is 0 Å². The largest absolute Gasteiger partial charge is 0.353 e. The van der Waals surface area contributed by atoms with Crippen LogP contribution in [0, 0.1) is 0 Å². The summed E-state index contributed by atoms with van der Waals surface area (Å²) in [5.74, 6) is 8.60. The number of aromatic nitrogens is 4. The van der Waals surface area contributed by atoms with Crippen molar-refractivity contribution in [2.24, 2.45) is 0 Å². The molecule has 0 aromatic carbocycles. The number of anilines is 1. The minimum atomic E-state index is -0.163. The fourth-order valence-corrected chi connectivity index (χ4v) is 3.78. The molecule has 2 N–H and O–H groups in total. The number of nitrogens with two attached hydrogens (primary N) is 1. The number of hydrogen-bond donors (Lipinski definition) is 1.